The lowest BCUT2D eigenvalue weighted by molar-refractivity contribution is -0.155. The molecule has 0 aliphatic carbocycles. The van der Waals surface area contributed by atoms with Crippen LogP contribution in [0.4, 0.5) is 4.79 Å². The maximum Gasteiger partial charge on any atom is 0.412 e. The Bertz CT molecular complexity index is 762. The van der Waals surface area contributed by atoms with E-state index >= 15 is 0 Å². The Hall–Kier alpha value is -2.82. The number of carbonyl (C=O) groups excluding carboxylic acids is 2. The van der Waals surface area contributed by atoms with Gasteiger partial charge in [0.1, 0.15) is 0 Å². The second-order valence-electron chi connectivity index (χ2n) is 6.27. The van der Waals surface area contributed by atoms with Crippen LogP contribution in [0.2, 0.25) is 0 Å². The summed E-state index contributed by atoms with van der Waals surface area (Å²) in [5, 5.41) is 0. The van der Waals surface area contributed by atoms with Gasteiger partial charge in [0.25, 0.3) is 0 Å². The molecule has 2 aromatic rings. The first-order chi connectivity index (χ1) is 12.0. The van der Waals surface area contributed by atoms with Crippen LogP contribution in [0.5, 0.6) is 0 Å². The van der Waals surface area contributed by atoms with Crippen molar-refractivity contribution in [2.45, 2.75) is 31.5 Å². The maximum atomic E-state index is 12.7. The molecule has 130 valence electrons. The Kier molecular flexibility index (Phi) is 4.49. The van der Waals surface area contributed by atoms with Crippen molar-refractivity contribution in [1.82, 2.24) is 4.90 Å². The van der Waals surface area contributed by atoms with E-state index in [0.29, 0.717) is 0 Å². The molecule has 0 spiro atoms. The Morgan fingerprint density at radius 3 is 2.24 bits per heavy atom. The minimum Gasteiger partial charge on any atom is -0.467 e. The first kappa shape index (κ1) is 17.0. The van der Waals surface area contributed by atoms with E-state index in [-0.39, 0.29) is 6.04 Å². The number of hydrogen-bond acceptors (Lipinski definition) is 4. The molecule has 1 fully saturated rings. The zero-order valence-electron chi connectivity index (χ0n) is 14.5. The highest BCUT2D eigenvalue weighted by molar-refractivity contribution is 5.89. The van der Waals surface area contributed by atoms with Gasteiger partial charge in [-0.1, -0.05) is 60.7 Å². The predicted octanol–water partition coefficient (Wildman–Crippen LogP) is 3.87. The summed E-state index contributed by atoms with van der Waals surface area (Å²) in [5.74, 6) is -0.505. The van der Waals surface area contributed by atoms with Crippen LogP contribution in [0, 0.1) is 0 Å². The van der Waals surface area contributed by atoms with Crippen molar-refractivity contribution in [1.29, 1.82) is 0 Å². The van der Waals surface area contributed by atoms with E-state index in [1.165, 1.54) is 12.0 Å². The molecule has 1 saturated heterocycles. The molecule has 1 amide bonds. The SMILES string of the molecule is COC(=O)C1(C)C(c2ccccc2)OC(=O)N1C(C)c1ccccc1. The van der Waals surface area contributed by atoms with Crippen LogP contribution in [0.25, 0.3) is 0 Å². The second kappa shape index (κ2) is 6.59. The molecule has 3 atom stereocenters. The highest BCUT2D eigenvalue weighted by Crippen LogP contribution is 2.46. The third-order valence-electron chi connectivity index (χ3n) is 4.80. The molecular weight excluding hydrogens is 318 g/mol. The van der Waals surface area contributed by atoms with Crippen LogP contribution in [0.15, 0.2) is 60.7 Å². The van der Waals surface area contributed by atoms with Gasteiger partial charge in [0.05, 0.1) is 13.2 Å². The van der Waals surface area contributed by atoms with Crippen molar-refractivity contribution in [2.24, 2.45) is 0 Å². The van der Waals surface area contributed by atoms with Crippen LogP contribution in [-0.2, 0) is 14.3 Å². The average Bonchev–Trinajstić information content (AvgIpc) is 2.93. The Morgan fingerprint density at radius 2 is 1.68 bits per heavy atom. The zero-order chi connectivity index (χ0) is 18.0. The summed E-state index contributed by atoms with van der Waals surface area (Å²) in [6.07, 6.45) is -1.27. The van der Waals surface area contributed by atoms with Crippen LogP contribution >= 0.6 is 0 Å². The molecular formula is C20H21NO4. The number of amides is 1. The minimum absolute atomic E-state index is 0.341. The van der Waals surface area contributed by atoms with Gasteiger partial charge in [-0.25, -0.2) is 9.59 Å². The fraction of sp³-hybridized carbons (Fsp3) is 0.300. The summed E-state index contributed by atoms with van der Waals surface area (Å²) in [5.41, 5.74) is 0.414. The number of cyclic esters (lactones) is 1. The second-order valence-corrected chi connectivity index (χ2v) is 6.27. The van der Waals surface area contributed by atoms with Crippen molar-refractivity contribution in [2.75, 3.05) is 7.11 Å². The number of hydrogen-bond donors (Lipinski definition) is 0. The normalized spacial score (nSPS) is 23.9. The van der Waals surface area contributed by atoms with Gasteiger partial charge in [-0.3, -0.25) is 4.90 Å². The lowest BCUT2D eigenvalue weighted by atomic mass is 9.87. The minimum atomic E-state index is -1.26. The molecule has 25 heavy (non-hydrogen) atoms. The number of rotatable bonds is 4. The summed E-state index contributed by atoms with van der Waals surface area (Å²) < 4.78 is 10.7. The van der Waals surface area contributed by atoms with E-state index in [1.807, 2.05) is 67.6 Å². The number of benzene rings is 2. The highest BCUT2D eigenvalue weighted by Gasteiger charge is 2.60. The first-order valence-corrected chi connectivity index (χ1v) is 8.18. The third kappa shape index (κ3) is 2.76. The molecule has 0 N–H and O–H groups in total. The van der Waals surface area contributed by atoms with E-state index in [2.05, 4.69) is 0 Å². The smallest absolute Gasteiger partial charge is 0.412 e. The van der Waals surface area contributed by atoms with E-state index in [9.17, 15) is 9.59 Å². The van der Waals surface area contributed by atoms with Crippen molar-refractivity contribution in [3.63, 3.8) is 0 Å². The Balaban J connectivity index is 2.08. The zero-order valence-corrected chi connectivity index (χ0v) is 14.5. The molecule has 0 saturated carbocycles. The van der Waals surface area contributed by atoms with Gasteiger partial charge in [-0.15, -0.1) is 0 Å². The van der Waals surface area contributed by atoms with Crippen molar-refractivity contribution in [3.8, 4) is 0 Å². The molecule has 2 aromatic carbocycles. The Morgan fingerprint density at radius 1 is 1.12 bits per heavy atom. The molecule has 5 nitrogen and oxygen atoms in total. The maximum absolute atomic E-state index is 12.7. The number of carbonyl (C=O) groups is 2. The molecule has 5 heteroatoms. The van der Waals surface area contributed by atoms with Crippen molar-refractivity contribution in [3.05, 3.63) is 71.8 Å². The fourth-order valence-corrected chi connectivity index (χ4v) is 3.46. The van der Waals surface area contributed by atoms with Gasteiger partial charge in [0, 0.05) is 0 Å². The molecule has 3 rings (SSSR count). The van der Waals surface area contributed by atoms with Gasteiger partial charge in [-0.2, -0.15) is 0 Å². The number of esters is 1. The van der Waals surface area contributed by atoms with Gasteiger partial charge in [0.15, 0.2) is 11.6 Å². The third-order valence-corrected chi connectivity index (χ3v) is 4.80. The van der Waals surface area contributed by atoms with Crippen LogP contribution in [0.3, 0.4) is 0 Å². The molecule has 0 aromatic heterocycles. The van der Waals surface area contributed by atoms with Crippen LogP contribution in [-0.4, -0.2) is 29.6 Å². The topological polar surface area (TPSA) is 55.8 Å². The van der Waals surface area contributed by atoms with Gasteiger partial charge in [0.2, 0.25) is 0 Å². The fourth-order valence-electron chi connectivity index (χ4n) is 3.46. The van der Waals surface area contributed by atoms with Gasteiger partial charge >= 0.3 is 12.1 Å². The standard InChI is InChI=1S/C20H21NO4/c1-14(15-10-6-4-7-11-15)21-19(23)25-17(16-12-8-5-9-13-16)20(21,2)18(22)24-3/h4-14,17H,1-3H3. The Labute approximate surface area is 147 Å². The molecule has 1 heterocycles. The van der Waals surface area contributed by atoms with Crippen LogP contribution in [0.1, 0.15) is 37.1 Å². The van der Waals surface area contributed by atoms with Crippen molar-refractivity contribution < 1.29 is 19.1 Å². The first-order valence-electron chi connectivity index (χ1n) is 8.18. The molecule has 1 aliphatic heterocycles. The highest BCUT2D eigenvalue weighted by atomic mass is 16.6. The molecule has 0 bridgehead atoms. The van der Waals surface area contributed by atoms with E-state index < -0.39 is 23.7 Å². The van der Waals surface area contributed by atoms with Gasteiger partial charge < -0.3 is 9.47 Å². The largest absolute Gasteiger partial charge is 0.467 e. The van der Waals surface area contributed by atoms with Crippen LogP contribution < -0.4 is 0 Å². The number of nitrogens with zero attached hydrogens (tertiary/aromatic N) is 1. The summed E-state index contributed by atoms with van der Waals surface area (Å²) >= 11 is 0. The van der Waals surface area contributed by atoms with Crippen molar-refractivity contribution >= 4 is 12.1 Å². The monoisotopic (exact) mass is 339 g/mol. The summed E-state index contributed by atoms with van der Waals surface area (Å²) in [6, 6.07) is 18.5. The lowest BCUT2D eigenvalue weighted by Gasteiger charge is -2.36. The quantitative estimate of drug-likeness (QED) is 0.794. The molecule has 1 aliphatic rings. The predicted molar refractivity (Wildman–Crippen MR) is 92.8 cm³/mol. The molecule has 3 unspecified atom stereocenters. The van der Waals surface area contributed by atoms with E-state index in [4.69, 9.17) is 9.47 Å². The van der Waals surface area contributed by atoms with E-state index in [0.717, 1.165) is 11.1 Å². The number of methoxy groups -OCH3 is 1. The summed E-state index contributed by atoms with van der Waals surface area (Å²) in [4.78, 5) is 26.9. The number of ether oxygens (including phenoxy) is 2. The van der Waals surface area contributed by atoms with Gasteiger partial charge in [-0.05, 0) is 25.0 Å². The van der Waals surface area contributed by atoms with E-state index in [1.54, 1.807) is 6.92 Å². The average molecular weight is 339 g/mol. The summed E-state index contributed by atoms with van der Waals surface area (Å²) in [7, 11) is 1.32. The lowest BCUT2D eigenvalue weighted by Crippen LogP contribution is -2.53. The molecule has 0 radical (unpaired) electrons. The summed E-state index contributed by atoms with van der Waals surface area (Å²) in [6.45, 7) is 3.58.